The number of nitrogens with one attached hydrogen (secondary N) is 1. The van der Waals surface area contributed by atoms with E-state index in [4.69, 9.17) is 10.5 Å². The van der Waals surface area contributed by atoms with E-state index < -0.39 is 0 Å². The van der Waals surface area contributed by atoms with Crippen LogP contribution in [-0.4, -0.2) is 28.6 Å². The maximum atomic E-state index is 6.05. The van der Waals surface area contributed by atoms with Gasteiger partial charge in [-0.1, -0.05) is 13.0 Å². The van der Waals surface area contributed by atoms with Crippen LogP contribution >= 0.6 is 24.0 Å². The van der Waals surface area contributed by atoms with Crippen molar-refractivity contribution in [2.45, 2.75) is 51.7 Å². The van der Waals surface area contributed by atoms with Gasteiger partial charge in [0.25, 0.3) is 0 Å². The lowest BCUT2D eigenvalue weighted by molar-refractivity contribution is 0.130. The van der Waals surface area contributed by atoms with Crippen molar-refractivity contribution in [1.82, 2.24) is 15.3 Å². The molecule has 3 rings (SSSR count). The number of pyridine rings is 2. The average Bonchev–Trinajstić information content (AvgIpc) is 2.69. The number of aromatic nitrogens is 2. The van der Waals surface area contributed by atoms with Crippen LogP contribution in [0, 0.1) is 5.92 Å². The van der Waals surface area contributed by atoms with E-state index in [2.05, 4.69) is 27.2 Å². The molecule has 0 bridgehead atoms. The van der Waals surface area contributed by atoms with E-state index in [1.165, 1.54) is 12.8 Å². The lowest BCUT2D eigenvalue weighted by Crippen LogP contribution is -2.33. The van der Waals surface area contributed by atoms with Crippen LogP contribution in [0.5, 0.6) is 5.88 Å². The maximum Gasteiger partial charge on any atom is 0.213 e. The monoisotopic (exact) mass is 495 g/mol. The molecule has 0 aromatic carbocycles. The van der Waals surface area contributed by atoms with Gasteiger partial charge in [-0.3, -0.25) is 4.98 Å². The maximum absolute atomic E-state index is 6.05. The molecule has 1 aliphatic carbocycles. The molecular formula is C21H30IN5O. The summed E-state index contributed by atoms with van der Waals surface area (Å²) in [5, 5.41) is 3.13. The minimum Gasteiger partial charge on any atom is -0.474 e. The van der Waals surface area contributed by atoms with E-state index in [-0.39, 0.29) is 30.1 Å². The Morgan fingerprint density at radius 1 is 1.18 bits per heavy atom. The number of guanidine groups is 1. The van der Waals surface area contributed by atoms with Crippen molar-refractivity contribution in [1.29, 1.82) is 0 Å². The first kappa shape index (κ1) is 22.4. The molecule has 6 nitrogen and oxygen atoms in total. The zero-order chi connectivity index (χ0) is 18.9. The SMILES string of the molecule is CC1CCC(Oc2cc(CN=C(N)NCCc3ccccn3)ccn2)CC1.I. The van der Waals surface area contributed by atoms with E-state index in [1.807, 2.05) is 30.3 Å². The third-order valence-corrected chi connectivity index (χ3v) is 4.89. The number of hydrogen-bond donors (Lipinski definition) is 2. The van der Waals surface area contributed by atoms with Crippen molar-refractivity contribution in [3.8, 4) is 5.88 Å². The van der Waals surface area contributed by atoms with Crippen molar-refractivity contribution >= 4 is 29.9 Å². The molecule has 152 valence electrons. The van der Waals surface area contributed by atoms with Crippen LogP contribution in [-0.2, 0) is 13.0 Å². The molecule has 2 aromatic heterocycles. The fourth-order valence-corrected chi connectivity index (χ4v) is 3.23. The van der Waals surface area contributed by atoms with Crippen LogP contribution in [0.15, 0.2) is 47.7 Å². The number of hydrogen-bond acceptors (Lipinski definition) is 4. The van der Waals surface area contributed by atoms with Gasteiger partial charge in [-0.2, -0.15) is 0 Å². The van der Waals surface area contributed by atoms with Gasteiger partial charge in [0.2, 0.25) is 5.88 Å². The third kappa shape index (κ3) is 7.61. The van der Waals surface area contributed by atoms with Gasteiger partial charge in [0, 0.05) is 37.1 Å². The summed E-state index contributed by atoms with van der Waals surface area (Å²) in [5.41, 5.74) is 8.03. The molecule has 0 amide bonds. The van der Waals surface area contributed by atoms with Crippen LogP contribution in [0.2, 0.25) is 0 Å². The van der Waals surface area contributed by atoms with Crippen LogP contribution in [0.3, 0.4) is 0 Å². The molecule has 28 heavy (non-hydrogen) atoms. The Balaban J connectivity index is 0.00000280. The van der Waals surface area contributed by atoms with Gasteiger partial charge in [-0.25, -0.2) is 9.98 Å². The lowest BCUT2D eigenvalue weighted by atomic mass is 9.89. The zero-order valence-corrected chi connectivity index (χ0v) is 18.7. The van der Waals surface area contributed by atoms with E-state index in [0.717, 1.165) is 36.4 Å². The number of ether oxygens (including phenoxy) is 1. The molecule has 7 heteroatoms. The van der Waals surface area contributed by atoms with E-state index >= 15 is 0 Å². The summed E-state index contributed by atoms with van der Waals surface area (Å²) in [6.45, 7) is 3.52. The van der Waals surface area contributed by atoms with E-state index in [0.29, 0.717) is 24.9 Å². The van der Waals surface area contributed by atoms with Gasteiger partial charge in [-0.05, 0) is 55.4 Å². The fraction of sp³-hybridized carbons (Fsp3) is 0.476. The average molecular weight is 495 g/mol. The molecule has 0 radical (unpaired) electrons. The second-order valence-electron chi connectivity index (χ2n) is 7.20. The van der Waals surface area contributed by atoms with E-state index in [1.54, 1.807) is 12.4 Å². The van der Waals surface area contributed by atoms with Crippen LogP contribution in [0.1, 0.15) is 43.9 Å². The highest BCUT2D eigenvalue weighted by Gasteiger charge is 2.19. The molecule has 0 atom stereocenters. The first-order valence-electron chi connectivity index (χ1n) is 9.74. The largest absolute Gasteiger partial charge is 0.474 e. The minimum absolute atomic E-state index is 0. The number of rotatable bonds is 7. The second kappa shape index (κ2) is 11.8. The molecule has 0 saturated heterocycles. The highest BCUT2D eigenvalue weighted by atomic mass is 127. The van der Waals surface area contributed by atoms with Crippen LogP contribution < -0.4 is 15.8 Å². The standard InChI is InChI=1S/C21H29N5O.HI/c1-16-5-7-19(8-6-16)27-20-14-17(9-12-24-20)15-26-21(22)25-13-10-18-4-2-3-11-23-18;/h2-4,9,11-12,14,16,19H,5-8,10,13,15H2,1H3,(H3,22,25,26);1H. The van der Waals surface area contributed by atoms with Crippen molar-refractivity contribution in [2.24, 2.45) is 16.6 Å². The van der Waals surface area contributed by atoms with Crippen molar-refractivity contribution in [3.05, 3.63) is 54.0 Å². The van der Waals surface area contributed by atoms with E-state index in [9.17, 15) is 0 Å². The predicted octanol–water partition coefficient (Wildman–Crippen LogP) is 3.70. The normalized spacial score (nSPS) is 19.5. The predicted molar refractivity (Wildman–Crippen MR) is 123 cm³/mol. The molecule has 1 aliphatic rings. The summed E-state index contributed by atoms with van der Waals surface area (Å²) in [4.78, 5) is 13.0. The van der Waals surface area contributed by atoms with Crippen LogP contribution in [0.25, 0.3) is 0 Å². The first-order valence-corrected chi connectivity index (χ1v) is 9.74. The molecule has 0 aliphatic heterocycles. The van der Waals surface area contributed by atoms with Gasteiger partial charge in [0.1, 0.15) is 6.10 Å². The molecule has 0 unspecified atom stereocenters. The summed E-state index contributed by atoms with van der Waals surface area (Å²) in [5.74, 6) is 1.93. The number of nitrogens with two attached hydrogens (primary N) is 1. The topological polar surface area (TPSA) is 85.4 Å². The smallest absolute Gasteiger partial charge is 0.213 e. The summed E-state index contributed by atoms with van der Waals surface area (Å²) >= 11 is 0. The highest BCUT2D eigenvalue weighted by Crippen LogP contribution is 2.26. The Hall–Kier alpha value is -1.90. The summed E-state index contributed by atoms with van der Waals surface area (Å²) < 4.78 is 6.05. The second-order valence-corrected chi connectivity index (χ2v) is 7.20. The summed E-state index contributed by atoms with van der Waals surface area (Å²) in [6.07, 6.45) is 9.34. The number of nitrogens with zero attached hydrogens (tertiary/aromatic N) is 3. The molecule has 2 aromatic rings. The Labute approximate surface area is 184 Å². The molecule has 0 spiro atoms. The Kier molecular flexibility index (Phi) is 9.46. The summed E-state index contributed by atoms with van der Waals surface area (Å²) in [7, 11) is 0. The molecule has 1 saturated carbocycles. The van der Waals surface area contributed by atoms with Crippen molar-refractivity contribution < 1.29 is 4.74 Å². The van der Waals surface area contributed by atoms with Gasteiger partial charge in [0.15, 0.2) is 5.96 Å². The fourth-order valence-electron chi connectivity index (χ4n) is 3.23. The van der Waals surface area contributed by atoms with Crippen molar-refractivity contribution in [2.75, 3.05) is 6.54 Å². The Morgan fingerprint density at radius 2 is 2.00 bits per heavy atom. The highest BCUT2D eigenvalue weighted by molar-refractivity contribution is 14.0. The zero-order valence-electron chi connectivity index (χ0n) is 16.4. The number of aliphatic imine (C=N–C) groups is 1. The third-order valence-electron chi connectivity index (χ3n) is 4.89. The molecule has 1 fully saturated rings. The molecular weight excluding hydrogens is 465 g/mol. The summed E-state index contributed by atoms with van der Waals surface area (Å²) in [6, 6.07) is 9.80. The van der Waals surface area contributed by atoms with Crippen LogP contribution in [0.4, 0.5) is 0 Å². The lowest BCUT2D eigenvalue weighted by Gasteiger charge is -2.26. The quantitative estimate of drug-likeness (QED) is 0.348. The van der Waals surface area contributed by atoms with Gasteiger partial charge < -0.3 is 15.8 Å². The Bertz CT molecular complexity index is 733. The number of halogens is 1. The first-order chi connectivity index (χ1) is 13.2. The van der Waals surface area contributed by atoms with Gasteiger partial charge in [-0.15, -0.1) is 24.0 Å². The Morgan fingerprint density at radius 3 is 2.75 bits per heavy atom. The molecule has 2 heterocycles. The van der Waals surface area contributed by atoms with Crippen molar-refractivity contribution in [3.63, 3.8) is 0 Å². The van der Waals surface area contributed by atoms with Gasteiger partial charge >= 0.3 is 0 Å². The van der Waals surface area contributed by atoms with Gasteiger partial charge in [0.05, 0.1) is 6.54 Å². The minimum atomic E-state index is 0. The molecule has 3 N–H and O–H groups in total.